The Morgan fingerprint density at radius 1 is 1.06 bits per heavy atom. The minimum atomic E-state index is 0. The Balaban J connectivity index is 0.00000231. The zero-order valence-corrected chi connectivity index (χ0v) is 18.7. The van der Waals surface area contributed by atoms with Crippen LogP contribution in [0.5, 0.6) is 0 Å². The number of anilines is 3. The lowest BCUT2D eigenvalue weighted by atomic mass is 10.1. The number of aromatic nitrogens is 5. The zero-order valence-electron chi connectivity index (χ0n) is 17.9. The molecule has 0 unspecified atom stereocenters. The molecule has 9 heteroatoms. The number of hydrogen-bond acceptors (Lipinski definition) is 7. The molecular weight excluding hydrogens is 412 g/mol. The second-order valence-corrected chi connectivity index (χ2v) is 8.17. The molecule has 4 aromatic rings. The smallest absolute Gasteiger partial charge is 0.230 e. The Hall–Kier alpha value is -2.97. The van der Waals surface area contributed by atoms with E-state index in [0.29, 0.717) is 17.9 Å². The SMILES string of the molecule is CC(C)c1cnc2ccc3cnc(Nc4ccc(N5CCN[C@@H](C)C5)cn4)nc3n12.Cl. The highest BCUT2D eigenvalue weighted by molar-refractivity contribution is 5.85. The highest BCUT2D eigenvalue weighted by atomic mass is 35.5. The maximum Gasteiger partial charge on any atom is 0.230 e. The Kier molecular flexibility index (Phi) is 5.93. The number of piperazine rings is 1. The molecule has 1 fully saturated rings. The molecule has 31 heavy (non-hydrogen) atoms. The maximum absolute atomic E-state index is 4.78. The van der Waals surface area contributed by atoms with E-state index in [4.69, 9.17) is 4.98 Å². The number of imidazole rings is 1. The molecule has 0 aliphatic carbocycles. The fraction of sp³-hybridized carbons (Fsp3) is 0.364. The van der Waals surface area contributed by atoms with E-state index in [1.54, 1.807) is 0 Å². The third kappa shape index (κ3) is 4.13. The van der Waals surface area contributed by atoms with Crippen LogP contribution in [-0.4, -0.2) is 50.0 Å². The molecule has 5 heterocycles. The van der Waals surface area contributed by atoms with Crippen LogP contribution in [-0.2, 0) is 0 Å². The van der Waals surface area contributed by atoms with Crippen molar-refractivity contribution < 1.29 is 0 Å². The van der Waals surface area contributed by atoms with Crippen LogP contribution in [0.15, 0.2) is 42.9 Å². The number of fused-ring (bicyclic) bond motifs is 3. The minimum Gasteiger partial charge on any atom is -0.367 e. The van der Waals surface area contributed by atoms with Gasteiger partial charge in [-0.25, -0.2) is 15.0 Å². The zero-order chi connectivity index (χ0) is 20.7. The van der Waals surface area contributed by atoms with Crippen LogP contribution < -0.4 is 15.5 Å². The number of hydrogen-bond donors (Lipinski definition) is 2. The van der Waals surface area contributed by atoms with Crippen molar-refractivity contribution in [3.05, 3.63) is 48.5 Å². The van der Waals surface area contributed by atoms with Crippen LogP contribution in [0.2, 0.25) is 0 Å². The monoisotopic (exact) mass is 438 g/mol. The van der Waals surface area contributed by atoms with Gasteiger partial charge in [0, 0.05) is 49.1 Å². The molecule has 8 nitrogen and oxygen atoms in total. The topological polar surface area (TPSA) is 83.3 Å². The van der Waals surface area contributed by atoms with E-state index in [0.717, 1.165) is 53.5 Å². The van der Waals surface area contributed by atoms with Gasteiger partial charge < -0.3 is 15.5 Å². The summed E-state index contributed by atoms with van der Waals surface area (Å²) in [6.07, 6.45) is 5.67. The predicted octanol–water partition coefficient (Wildman–Crippen LogP) is 3.76. The van der Waals surface area contributed by atoms with Gasteiger partial charge in [-0.15, -0.1) is 12.4 Å². The van der Waals surface area contributed by atoms with Crippen LogP contribution in [0.25, 0.3) is 16.7 Å². The van der Waals surface area contributed by atoms with Gasteiger partial charge in [-0.2, -0.15) is 4.98 Å². The summed E-state index contributed by atoms with van der Waals surface area (Å²) >= 11 is 0. The first kappa shape index (κ1) is 21.3. The van der Waals surface area contributed by atoms with Gasteiger partial charge in [0.15, 0.2) is 5.65 Å². The molecule has 0 spiro atoms. The van der Waals surface area contributed by atoms with Gasteiger partial charge in [0.05, 0.1) is 11.9 Å². The number of rotatable bonds is 4. The van der Waals surface area contributed by atoms with Gasteiger partial charge in [-0.05, 0) is 37.1 Å². The highest BCUT2D eigenvalue weighted by Gasteiger charge is 2.16. The lowest BCUT2D eigenvalue weighted by Gasteiger charge is -2.33. The number of halogens is 1. The van der Waals surface area contributed by atoms with Crippen molar-refractivity contribution in [2.24, 2.45) is 0 Å². The van der Waals surface area contributed by atoms with Crippen LogP contribution >= 0.6 is 12.4 Å². The van der Waals surface area contributed by atoms with E-state index < -0.39 is 0 Å². The second-order valence-electron chi connectivity index (χ2n) is 8.17. The summed E-state index contributed by atoms with van der Waals surface area (Å²) in [6, 6.07) is 8.57. The van der Waals surface area contributed by atoms with Gasteiger partial charge >= 0.3 is 0 Å². The van der Waals surface area contributed by atoms with Crippen molar-refractivity contribution in [2.75, 3.05) is 29.9 Å². The molecule has 1 aliphatic rings. The molecule has 0 amide bonds. The third-order valence-corrected chi connectivity index (χ3v) is 5.55. The van der Waals surface area contributed by atoms with E-state index in [1.165, 1.54) is 0 Å². The molecular formula is C22H27ClN8. The van der Waals surface area contributed by atoms with Crippen LogP contribution in [0.4, 0.5) is 17.5 Å². The average Bonchev–Trinajstić information content (AvgIpc) is 3.19. The van der Waals surface area contributed by atoms with E-state index in [1.807, 2.05) is 36.8 Å². The van der Waals surface area contributed by atoms with Crippen LogP contribution in [0.3, 0.4) is 0 Å². The van der Waals surface area contributed by atoms with Crippen LogP contribution in [0, 0.1) is 0 Å². The van der Waals surface area contributed by atoms with Crippen molar-refractivity contribution in [3.63, 3.8) is 0 Å². The molecule has 4 aromatic heterocycles. The van der Waals surface area contributed by atoms with E-state index in [9.17, 15) is 0 Å². The van der Waals surface area contributed by atoms with Crippen molar-refractivity contribution in [3.8, 4) is 0 Å². The normalized spacial score (nSPS) is 16.6. The van der Waals surface area contributed by atoms with E-state index in [2.05, 4.69) is 61.7 Å². The quantitative estimate of drug-likeness (QED) is 0.501. The fourth-order valence-electron chi connectivity index (χ4n) is 3.97. The van der Waals surface area contributed by atoms with Crippen molar-refractivity contribution in [2.45, 2.75) is 32.7 Å². The largest absolute Gasteiger partial charge is 0.367 e. The second kappa shape index (κ2) is 8.64. The highest BCUT2D eigenvalue weighted by Crippen LogP contribution is 2.23. The van der Waals surface area contributed by atoms with Gasteiger partial charge in [0.25, 0.3) is 0 Å². The van der Waals surface area contributed by atoms with E-state index in [-0.39, 0.29) is 12.4 Å². The van der Waals surface area contributed by atoms with Crippen molar-refractivity contribution in [1.29, 1.82) is 0 Å². The molecule has 1 atom stereocenters. The standard InChI is InChI=1S/C22H26N8.ClH/c1-14(2)18-12-25-20-7-4-16-10-26-22(28-21(16)30(18)20)27-19-6-5-17(11-24-19)29-9-8-23-15(3)13-29;/h4-7,10-12,14-15,23H,8-9,13H2,1-3H3,(H,24,26,27,28);1H/t15-;/m0./s1. The number of pyridine rings is 2. The molecule has 1 saturated heterocycles. The first-order valence-corrected chi connectivity index (χ1v) is 10.4. The van der Waals surface area contributed by atoms with Crippen LogP contribution in [0.1, 0.15) is 32.4 Å². The third-order valence-electron chi connectivity index (χ3n) is 5.55. The Labute approximate surface area is 187 Å². The first-order valence-electron chi connectivity index (χ1n) is 10.4. The average molecular weight is 439 g/mol. The van der Waals surface area contributed by atoms with Gasteiger partial charge in [0.2, 0.25) is 5.95 Å². The lowest BCUT2D eigenvalue weighted by Crippen LogP contribution is -2.49. The summed E-state index contributed by atoms with van der Waals surface area (Å²) < 4.78 is 2.11. The van der Waals surface area contributed by atoms with Gasteiger partial charge in [-0.1, -0.05) is 13.8 Å². The molecule has 5 rings (SSSR count). The summed E-state index contributed by atoms with van der Waals surface area (Å²) in [4.78, 5) is 20.7. The summed E-state index contributed by atoms with van der Waals surface area (Å²) in [5, 5.41) is 7.68. The Bertz CT molecular complexity index is 1190. The first-order chi connectivity index (χ1) is 14.6. The number of nitrogens with one attached hydrogen (secondary N) is 2. The number of nitrogens with zero attached hydrogens (tertiary/aromatic N) is 6. The van der Waals surface area contributed by atoms with Gasteiger partial charge in [-0.3, -0.25) is 4.40 Å². The molecule has 0 bridgehead atoms. The predicted molar refractivity (Wildman–Crippen MR) is 127 cm³/mol. The summed E-state index contributed by atoms with van der Waals surface area (Å²) in [7, 11) is 0. The summed E-state index contributed by atoms with van der Waals surface area (Å²) in [5.74, 6) is 1.59. The minimum absolute atomic E-state index is 0. The van der Waals surface area contributed by atoms with E-state index >= 15 is 0 Å². The molecule has 162 valence electrons. The molecule has 0 radical (unpaired) electrons. The molecule has 0 aromatic carbocycles. The molecule has 0 saturated carbocycles. The molecule has 2 N–H and O–H groups in total. The summed E-state index contributed by atoms with van der Waals surface area (Å²) in [6.45, 7) is 9.50. The fourth-order valence-corrected chi connectivity index (χ4v) is 3.97. The van der Waals surface area contributed by atoms with Crippen molar-refractivity contribution >= 4 is 46.5 Å². The Morgan fingerprint density at radius 2 is 1.94 bits per heavy atom. The van der Waals surface area contributed by atoms with Gasteiger partial charge in [0.1, 0.15) is 11.5 Å². The summed E-state index contributed by atoms with van der Waals surface area (Å²) in [5.41, 5.74) is 4.00. The lowest BCUT2D eigenvalue weighted by molar-refractivity contribution is 0.484. The Morgan fingerprint density at radius 3 is 2.68 bits per heavy atom. The van der Waals surface area contributed by atoms with Crippen molar-refractivity contribution in [1.82, 2.24) is 29.7 Å². The maximum atomic E-state index is 4.78. The molecule has 1 aliphatic heterocycles.